The Morgan fingerprint density at radius 3 is 2.75 bits per heavy atom. The number of hydrogen-bond acceptors (Lipinski definition) is 2. The molecule has 0 amide bonds. The van der Waals surface area contributed by atoms with Crippen LogP contribution in [0.4, 0.5) is 0 Å². The summed E-state index contributed by atoms with van der Waals surface area (Å²) >= 11 is 4.82. The van der Waals surface area contributed by atoms with Crippen molar-refractivity contribution < 1.29 is 0 Å². The van der Waals surface area contributed by atoms with Crippen molar-refractivity contribution in [1.29, 1.82) is 5.26 Å². The zero-order valence-electron chi connectivity index (χ0n) is 11.2. The van der Waals surface area contributed by atoms with E-state index in [0.29, 0.717) is 11.5 Å². The Bertz CT molecular complexity index is 593. The highest BCUT2D eigenvalue weighted by molar-refractivity contribution is 7.80. The molecule has 1 unspecified atom stereocenters. The second kappa shape index (κ2) is 6.36. The van der Waals surface area contributed by atoms with Crippen molar-refractivity contribution in [3.63, 3.8) is 0 Å². The lowest BCUT2D eigenvalue weighted by molar-refractivity contribution is 0.628. The summed E-state index contributed by atoms with van der Waals surface area (Å²) in [7, 11) is 0. The minimum atomic E-state index is 0.261. The zero-order chi connectivity index (χ0) is 14.5. The van der Waals surface area contributed by atoms with Crippen molar-refractivity contribution in [2.24, 2.45) is 11.7 Å². The van der Waals surface area contributed by atoms with Crippen molar-refractivity contribution in [2.45, 2.75) is 19.3 Å². The second-order valence-corrected chi connectivity index (χ2v) is 5.36. The maximum atomic E-state index is 8.84. The molecule has 0 aliphatic heterocycles. The highest BCUT2D eigenvalue weighted by Crippen LogP contribution is 2.37. The molecule has 1 aromatic rings. The van der Waals surface area contributed by atoms with Crippen molar-refractivity contribution >= 4 is 22.9 Å². The van der Waals surface area contributed by atoms with Gasteiger partial charge < -0.3 is 11.1 Å². The van der Waals surface area contributed by atoms with Crippen LogP contribution in [0.15, 0.2) is 42.6 Å². The summed E-state index contributed by atoms with van der Waals surface area (Å²) in [6, 6.07) is 9.86. The van der Waals surface area contributed by atoms with Crippen molar-refractivity contribution in [3.8, 4) is 6.07 Å². The summed E-state index contributed by atoms with van der Waals surface area (Å²) in [4.78, 5) is 0. The van der Waals surface area contributed by atoms with E-state index in [1.807, 2.05) is 24.3 Å². The van der Waals surface area contributed by atoms with E-state index >= 15 is 0 Å². The van der Waals surface area contributed by atoms with Gasteiger partial charge in [0.25, 0.3) is 0 Å². The standard InChI is InChI=1S/C16H17N3S/c1-11(19-16(18)20)9-14-3-2-4-15(14)13-7-5-12(10-17)6-8-13/h4-8,14H,1-3,9H2,(H3,18,19,20). The third-order valence-electron chi connectivity index (χ3n) is 3.46. The van der Waals surface area contributed by atoms with Gasteiger partial charge in [0.1, 0.15) is 0 Å². The zero-order valence-corrected chi connectivity index (χ0v) is 12.0. The van der Waals surface area contributed by atoms with Crippen LogP contribution in [0, 0.1) is 17.2 Å². The lowest BCUT2D eigenvalue weighted by Crippen LogP contribution is -2.28. The van der Waals surface area contributed by atoms with Gasteiger partial charge in [0, 0.05) is 5.70 Å². The Labute approximate surface area is 124 Å². The number of thiocarbonyl (C=S) groups is 1. The minimum absolute atomic E-state index is 0.261. The molecular formula is C16H17N3S. The van der Waals surface area contributed by atoms with Crippen LogP contribution in [0.5, 0.6) is 0 Å². The number of hydrogen-bond donors (Lipinski definition) is 2. The maximum Gasteiger partial charge on any atom is 0.167 e. The molecule has 3 N–H and O–H groups in total. The van der Waals surface area contributed by atoms with E-state index in [-0.39, 0.29) is 5.11 Å². The molecule has 20 heavy (non-hydrogen) atoms. The molecule has 0 heterocycles. The first kappa shape index (κ1) is 14.3. The first-order chi connectivity index (χ1) is 9.60. The van der Waals surface area contributed by atoms with Crippen molar-refractivity contribution in [1.82, 2.24) is 5.32 Å². The van der Waals surface area contributed by atoms with Gasteiger partial charge in [-0.15, -0.1) is 0 Å². The maximum absolute atomic E-state index is 8.84. The number of nitrogens with one attached hydrogen (secondary N) is 1. The van der Waals surface area contributed by atoms with Gasteiger partial charge in [-0.25, -0.2) is 0 Å². The van der Waals surface area contributed by atoms with Gasteiger partial charge >= 0.3 is 0 Å². The van der Waals surface area contributed by atoms with Gasteiger partial charge in [-0.2, -0.15) is 5.26 Å². The molecule has 0 saturated carbocycles. The molecule has 0 saturated heterocycles. The molecule has 0 aromatic heterocycles. The van der Waals surface area contributed by atoms with E-state index in [0.717, 1.165) is 25.0 Å². The number of nitriles is 1. The Hall–Kier alpha value is -2.12. The van der Waals surface area contributed by atoms with Gasteiger partial charge in [-0.05, 0) is 60.7 Å². The van der Waals surface area contributed by atoms with Gasteiger partial charge in [0.15, 0.2) is 5.11 Å². The number of nitrogens with two attached hydrogens (primary N) is 1. The fourth-order valence-electron chi connectivity index (χ4n) is 2.59. The Morgan fingerprint density at radius 2 is 2.15 bits per heavy atom. The van der Waals surface area contributed by atoms with E-state index in [2.05, 4.69) is 24.0 Å². The molecule has 0 fully saturated rings. The van der Waals surface area contributed by atoms with Gasteiger partial charge in [-0.1, -0.05) is 24.8 Å². The van der Waals surface area contributed by atoms with Crippen LogP contribution >= 0.6 is 12.2 Å². The van der Waals surface area contributed by atoms with Gasteiger partial charge in [0.05, 0.1) is 11.6 Å². The first-order valence-corrected chi connectivity index (χ1v) is 6.96. The van der Waals surface area contributed by atoms with Crippen molar-refractivity contribution in [3.05, 3.63) is 53.7 Å². The minimum Gasteiger partial charge on any atom is -0.376 e. The van der Waals surface area contributed by atoms with Gasteiger partial charge in [0.2, 0.25) is 0 Å². The van der Waals surface area contributed by atoms with Crippen LogP contribution in [0.2, 0.25) is 0 Å². The summed E-state index contributed by atoms with van der Waals surface area (Å²) in [5.41, 5.74) is 9.49. The average Bonchev–Trinajstić information content (AvgIpc) is 2.86. The predicted octanol–water partition coefficient (Wildman–Crippen LogP) is 3.09. The summed E-state index contributed by atoms with van der Waals surface area (Å²) in [6.07, 6.45) is 5.26. The largest absolute Gasteiger partial charge is 0.376 e. The summed E-state index contributed by atoms with van der Waals surface area (Å²) in [6.45, 7) is 3.96. The second-order valence-electron chi connectivity index (χ2n) is 4.92. The Kier molecular flexibility index (Phi) is 4.54. The third kappa shape index (κ3) is 3.46. The molecule has 3 nitrogen and oxygen atoms in total. The molecule has 0 spiro atoms. The number of rotatable bonds is 4. The average molecular weight is 283 g/mol. The molecule has 1 aromatic carbocycles. The first-order valence-electron chi connectivity index (χ1n) is 6.55. The fraction of sp³-hybridized carbons (Fsp3) is 0.250. The smallest absolute Gasteiger partial charge is 0.167 e. The number of nitrogens with zero attached hydrogens (tertiary/aromatic N) is 1. The highest BCUT2D eigenvalue weighted by atomic mass is 32.1. The molecule has 1 aliphatic carbocycles. The van der Waals surface area contributed by atoms with Crippen LogP contribution in [-0.4, -0.2) is 5.11 Å². The fourth-order valence-corrected chi connectivity index (χ4v) is 2.73. The van der Waals surface area contributed by atoms with Crippen LogP contribution in [0.1, 0.15) is 30.4 Å². The molecule has 0 bridgehead atoms. The van der Waals surface area contributed by atoms with Gasteiger partial charge in [-0.3, -0.25) is 0 Å². The monoisotopic (exact) mass is 283 g/mol. The molecule has 0 radical (unpaired) electrons. The third-order valence-corrected chi connectivity index (χ3v) is 3.56. The Morgan fingerprint density at radius 1 is 1.45 bits per heavy atom. The molecular weight excluding hydrogens is 266 g/mol. The van der Waals surface area contributed by atoms with Crippen LogP contribution in [-0.2, 0) is 0 Å². The SMILES string of the molecule is C=C(CC1CCC=C1c1ccc(C#N)cc1)NC(N)=S. The molecule has 1 atom stereocenters. The van der Waals surface area contributed by atoms with Crippen LogP contribution in [0.25, 0.3) is 5.57 Å². The quantitative estimate of drug-likeness (QED) is 0.834. The van der Waals surface area contributed by atoms with E-state index in [9.17, 15) is 0 Å². The number of allylic oxidation sites excluding steroid dienone is 3. The molecule has 2 rings (SSSR count). The molecule has 102 valence electrons. The Balaban J connectivity index is 2.08. The molecule has 1 aliphatic rings. The summed E-state index contributed by atoms with van der Waals surface area (Å²) in [5, 5.41) is 12.0. The van der Waals surface area contributed by atoms with E-state index in [1.165, 1.54) is 11.1 Å². The van der Waals surface area contributed by atoms with E-state index in [4.69, 9.17) is 23.2 Å². The highest BCUT2D eigenvalue weighted by Gasteiger charge is 2.21. The normalized spacial score (nSPS) is 17.1. The lowest BCUT2D eigenvalue weighted by atomic mass is 9.91. The van der Waals surface area contributed by atoms with Crippen molar-refractivity contribution in [2.75, 3.05) is 0 Å². The van der Waals surface area contributed by atoms with E-state index in [1.54, 1.807) is 0 Å². The summed E-state index contributed by atoms with van der Waals surface area (Å²) in [5.74, 6) is 0.428. The van der Waals surface area contributed by atoms with Crippen LogP contribution < -0.4 is 11.1 Å². The summed E-state index contributed by atoms with van der Waals surface area (Å²) < 4.78 is 0. The lowest BCUT2D eigenvalue weighted by Gasteiger charge is -2.17. The molecule has 4 heteroatoms. The predicted molar refractivity (Wildman–Crippen MR) is 85.5 cm³/mol. The van der Waals surface area contributed by atoms with Crippen LogP contribution in [0.3, 0.4) is 0 Å². The van der Waals surface area contributed by atoms with E-state index < -0.39 is 0 Å². The topological polar surface area (TPSA) is 61.8 Å². The number of benzene rings is 1.